The smallest absolute Gasteiger partial charge is 0.241 e. The SMILES string of the molecule is CNc1cccc2c(S(=O)(=O)NCC=N)cccc12. The third-order valence-electron chi connectivity index (χ3n) is 2.82. The van der Waals surface area contributed by atoms with Gasteiger partial charge in [0, 0.05) is 36.3 Å². The highest BCUT2D eigenvalue weighted by Gasteiger charge is 2.16. The Hall–Kier alpha value is -1.92. The van der Waals surface area contributed by atoms with Crippen molar-refractivity contribution in [1.29, 1.82) is 5.41 Å². The van der Waals surface area contributed by atoms with E-state index in [4.69, 9.17) is 5.41 Å². The Morgan fingerprint density at radius 3 is 2.53 bits per heavy atom. The number of benzene rings is 2. The van der Waals surface area contributed by atoms with Gasteiger partial charge in [-0.3, -0.25) is 0 Å². The number of hydrogen-bond donors (Lipinski definition) is 3. The van der Waals surface area contributed by atoms with Crippen LogP contribution < -0.4 is 10.0 Å². The summed E-state index contributed by atoms with van der Waals surface area (Å²) in [6.45, 7) is -0.00948. The minimum absolute atomic E-state index is 0.00948. The molecule has 0 saturated carbocycles. The monoisotopic (exact) mass is 277 g/mol. The van der Waals surface area contributed by atoms with Crippen LogP contribution in [0.5, 0.6) is 0 Å². The molecule has 6 heteroatoms. The zero-order valence-electron chi connectivity index (χ0n) is 10.5. The highest BCUT2D eigenvalue weighted by atomic mass is 32.2. The number of sulfonamides is 1. The van der Waals surface area contributed by atoms with E-state index in [1.807, 2.05) is 18.2 Å². The average Bonchev–Trinajstić information content (AvgIpc) is 2.43. The van der Waals surface area contributed by atoms with Crippen LogP contribution in [0.2, 0.25) is 0 Å². The van der Waals surface area contributed by atoms with Gasteiger partial charge in [0.05, 0.1) is 4.90 Å². The molecule has 2 aromatic rings. The standard InChI is InChI=1S/C13H15N3O2S/c1-15-12-6-2-5-11-10(12)4-3-7-13(11)19(17,18)16-9-8-14/h2-8,14-16H,9H2,1H3. The van der Waals surface area contributed by atoms with E-state index in [-0.39, 0.29) is 11.4 Å². The summed E-state index contributed by atoms with van der Waals surface area (Å²) in [5.74, 6) is 0. The van der Waals surface area contributed by atoms with Gasteiger partial charge in [0.1, 0.15) is 0 Å². The quantitative estimate of drug-likeness (QED) is 0.729. The average molecular weight is 277 g/mol. The molecule has 0 aromatic heterocycles. The van der Waals surface area contributed by atoms with Crippen molar-refractivity contribution in [3.8, 4) is 0 Å². The fourth-order valence-electron chi connectivity index (χ4n) is 1.96. The first kappa shape index (κ1) is 13.5. The lowest BCUT2D eigenvalue weighted by Crippen LogP contribution is -2.25. The summed E-state index contributed by atoms with van der Waals surface area (Å²) in [7, 11) is -1.81. The van der Waals surface area contributed by atoms with E-state index >= 15 is 0 Å². The van der Waals surface area contributed by atoms with Gasteiger partial charge in [-0.2, -0.15) is 0 Å². The Kier molecular flexibility index (Phi) is 3.82. The molecule has 2 aromatic carbocycles. The summed E-state index contributed by atoms with van der Waals surface area (Å²) in [5, 5.41) is 11.5. The minimum Gasteiger partial charge on any atom is -0.388 e. The molecule has 0 spiro atoms. The number of nitrogens with one attached hydrogen (secondary N) is 3. The number of fused-ring (bicyclic) bond motifs is 1. The second-order valence-corrected chi connectivity index (χ2v) is 5.70. The first-order valence-corrected chi connectivity index (χ1v) is 7.26. The van der Waals surface area contributed by atoms with Gasteiger partial charge in [-0.15, -0.1) is 0 Å². The van der Waals surface area contributed by atoms with Crippen LogP contribution in [0.25, 0.3) is 10.8 Å². The van der Waals surface area contributed by atoms with E-state index in [2.05, 4.69) is 10.0 Å². The van der Waals surface area contributed by atoms with E-state index in [1.165, 1.54) is 0 Å². The van der Waals surface area contributed by atoms with Crippen molar-refractivity contribution >= 4 is 32.7 Å². The maximum atomic E-state index is 12.2. The third-order valence-corrected chi connectivity index (χ3v) is 4.30. The molecular weight excluding hydrogens is 262 g/mol. The van der Waals surface area contributed by atoms with Crippen LogP contribution in [0.15, 0.2) is 41.3 Å². The Balaban J connectivity index is 2.65. The maximum Gasteiger partial charge on any atom is 0.241 e. The molecule has 0 amide bonds. The molecule has 0 fully saturated rings. The van der Waals surface area contributed by atoms with E-state index < -0.39 is 10.0 Å². The van der Waals surface area contributed by atoms with Gasteiger partial charge in [0.25, 0.3) is 0 Å². The van der Waals surface area contributed by atoms with Crippen molar-refractivity contribution < 1.29 is 8.42 Å². The fraction of sp³-hybridized carbons (Fsp3) is 0.154. The normalized spacial score (nSPS) is 11.4. The van der Waals surface area contributed by atoms with Crippen molar-refractivity contribution in [3.63, 3.8) is 0 Å². The second-order valence-electron chi connectivity index (χ2n) is 3.96. The topological polar surface area (TPSA) is 82.1 Å². The van der Waals surface area contributed by atoms with Crippen LogP contribution in [-0.2, 0) is 10.0 Å². The molecule has 0 aliphatic rings. The molecule has 19 heavy (non-hydrogen) atoms. The maximum absolute atomic E-state index is 12.2. The van der Waals surface area contributed by atoms with Crippen molar-refractivity contribution in [1.82, 2.24) is 4.72 Å². The van der Waals surface area contributed by atoms with Gasteiger partial charge >= 0.3 is 0 Å². The number of anilines is 1. The van der Waals surface area contributed by atoms with Crippen LogP contribution in [0, 0.1) is 5.41 Å². The molecule has 0 unspecified atom stereocenters. The molecule has 100 valence electrons. The first-order valence-electron chi connectivity index (χ1n) is 5.78. The molecule has 3 N–H and O–H groups in total. The van der Waals surface area contributed by atoms with Gasteiger partial charge in [-0.25, -0.2) is 13.1 Å². The molecule has 0 atom stereocenters. The van der Waals surface area contributed by atoms with E-state index in [0.717, 1.165) is 17.3 Å². The summed E-state index contributed by atoms with van der Waals surface area (Å²) in [4.78, 5) is 0.226. The second kappa shape index (κ2) is 5.38. The summed E-state index contributed by atoms with van der Waals surface area (Å²) in [5.41, 5.74) is 0.876. The van der Waals surface area contributed by atoms with Gasteiger partial charge in [0.2, 0.25) is 10.0 Å². The zero-order chi connectivity index (χ0) is 13.9. The molecule has 0 heterocycles. The number of rotatable bonds is 5. The van der Waals surface area contributed by atoms with Crippen molar-refractivity contribution in [2.75, 3.05) is 18.9 Å². The molecule has 5 nitrogen and oxygen atoms in total. The van der Waals surface area contributed by atoms with Crippen LogP contribution >= 0.6 is 0 Å². The van der Waals surface area contributed by atoms with Gasteiger partial charge in [-0.1, -0.05) is 24.3 Å². The first-order chi connectivity index (χ1) is 9.10. The Labute approximate surface area is 112 Å². The predicted octanol–water partition coefficient (Wildman–Crippen LogP) is 1.81. The summed E-state index contributed by atoms with van der Waals surface area (Å²) < 4.78 is 26.7. The molecule has 0 radical (unpaired) electrons. The van der Waals surface area contributed by atoms with Crippen LogP contribution in [0.3, 0.4) is 0 Å². The summed E-state index contributed by atoms with van der Waals surface area (Å²) >= 11 is 0. The largest absolute Gasteiger partial charge is 0.388 e. The van der Waals surface area contributed by atoms with E-state index in [0.29, 0.717) is 5.39 Å². The Bertz CT molecular complexity index is 711. The molecule has 0 aliphatic carbocycles. The highest BCUT2D eigenvalue weighted by Crippen LogP contribution is 2.28. The van der Waals surface area contributed by atoms with E-state index in [1.54, 1.807) is 25.2 Å². The lowest BCUT2D eigenvalue weighted by atomic mass is 10.1. The van der Waals surface area contributed by atoms with Crippen LogP contribution in [0.1, 0.15) is 0 Å². The third kappa shape index (κ3) is 2.59. The van der Waals surface area contributed by atoms with Gasteiger partial charge in [0.15, 0.2) is 0 Å². The highest BCUT2D eigenvalue weighted by molar-refractivity contribution is 7.89. The molecule has 2 rings (SSSR count). The van der Waals surface area contributed by atoms with Gasteiger partial charge < -0.3 is 10.7 Å². The van der Waals surface area contributed by atoms with Crippen molar-refractivity contribution in [2.24, 2.45) is 0 Å². The molecule has 0 saturated heterocycles. The van der Waals surface area contributed by atoms with Crippen molar-refractivity contribution in [3.05, 3.63) is 36.4 Å². The summed E-state index contributed by atoms with van der Waals surface area (Å²) in [6.07, 6.45) is 1.02. The fourth-order valence-corrected chi connectivity index (χ4v) is 3.15. The molecular formula is C13H15N3O2S. The van der Waals surface area contributed by atoms with Gasteiger partial charge in [-0.05, 0) is 12.1 Å². The molecule has 0 aliphatic heterocycles. The zero-order valence-corrected chi connectivity index (χ0v) is 11.3. The summed E-state index contributed by atoms with van der Waals surface area (Å²) in [6, 6.07) is 10.6. The van der Waals surface area contributed by atoms with Crippen molar-refractivity contribution in [2.45, 2.75) is 4.90 Å². The van der Waals surface area contributed by atoms with E-state index in [9.17, 15) is 8.42 Å². The predicted molar refractivity (Wildman–Crippen MR) is 77.5 cm³/mol. The Morgan fingerprint density at radius 2 is 1.84 bits per heavy atom. The Morgan fingerprint density at radius 1 is 1.16 bits per heavy atom. The minimum atomic E-state index is -3.60. The lowest BCUT2D eigenvalue weighted by molar-refractivity contribution is 0.587. The molecule has 0 bridgehead atoms. The number of hydrogen-bond acceptors (Lipinski definition) is 4. The van der Waals surface area contributed by atoms with Crippen LogP contribution in [-0.4, -0.2) is 28.2 Å². The lowest BCUT2D eigenvalue weighted by Gasteiger charge is -2.10. The van der Waals surface area contributed by atoms with Crippen LogP contribution in [0.4, 0.5) is 5.69 Å².